The highest BCUT2D eigenvalue weighted by Crippen LogP contribution is 2.47. The highest BCUT2D eigenvalue weighted by atomic mass is 16.2. The summed E-state index contributed by atoms with van der Waals surface area (Å²) in [6.07, 6.45) is 4.68. The van der Waals surface area contributed by atoms with Crippen molar-refractivity contribution in [1.29, 1.82) is 0 Å². The molecule has 1 aliphatic heterocycles. The Morgan fingerprint density at radius 1 is 1.16 bits per heavy atom. The Kier molecular flexibility index (Phi) is 2.73. The fourth-order valence-electron chi connectivity index (χ4n) is 3.24. The fourth-order valence-corrected chi connectivity index (χ4v) is 3.24. The van der Waals surface area contributed by atoms with Crippen molar-refractivity contribution in [2.24, 2.45) is 5.41 Å². The number of nitrogens with zero attached hydrogens (tertiary/aromatic N) is 1. The van der Waals surface area contributed by atoms with Crippen LogP contribution in [0.3, 0.4) is 0 Å². The lowest BCUT2D eigenvalue weighted by Gasteiger charge is -2.21. The summed E-state index contributed by atoms with van der Waals surface area (Å²) in [6.45, 7) is 0. The summed E-state index contributed by atoms with van der Waals surface area (Å²) in [5, 5.41) is 0. The lowest BCUT2D eigenvalue weighted by Crippen LogP contribution is -2.34. The summed E-state index contributed by atoms with van der Waals surface area (Å²) in [5.41, 5.74) is 0.530. The minimum atomic E-state index is -0.464. The van der Waals surface area contributed by atoms with Crippen LogP contribution in [0, 0.1) is 5.41 Å². The van der Waals surface area contributed by atoms with Gasteiger partial charge in [0.25, 0.3) is 0 Å². The average Bonchev–Trinajstić information content (AvgIpc) is 2.97. The van der Waals surface area contributed by atoms with E-state index in [0.717, 1.165) is 32.0 Å². The molecular formula is C15H15NO3. The van der Waals surface area contributed by atoms with Gasteiger partial charge in [-0.3, -0.25) is 19.3 Å². The number of anilines is 1. The number of carbonyl (C=O) groups is 3. The van der Waals surface area contributed by atoms with E-state index in [2.05, 4.69) is 0 Å². The van der Waals surface area contributed by atoms with E-state index >= 15 is 0 Å². The van der Waals surface area contributed by atoms with Gasteiger partial charge in [-0.1, -0.05) is 25.0 Å². The summed E-state index contributed by atoms with van der Waals surface area (Å²) in [5.74, 6) is -0.229. The van der Waals surface area contributed by atoms with Crippen LogP contribution in [0.2, 0.25) is 0 Å². The number of hydrogen-bond donors (Lipinski definition) is 0. The van der Waals surface area contributed by atoms with Crippen LogP contribution in [0.25, 0.3) is 0 Å². The zero-order chi connectivity index (χ0) is 13.5. The van der Waals surface area contributed by atoms with Crippen molar-refractivity contribution >= 4 is 23.8 Å². The summed E-state index contributed by atoms with van der Waals surface area (Å²) in [7, 11) is 0. The van der Waals surface area contributed by atoms with Crippen LogP contribution in [0.5, 0.6) is 0 Å². The number of hydrogen-bond acceptors (Lipinski definition) is 3. The number of rotatable bonds is 2. The summed E-state index contributed by atoms with van der Waals surface area (Å²) >= 11 is 0. The lowest BCUT2D eigenvalue weighted by atomic mass is 9.84. The first kappa shape index (κ1) is 12.1. The molecule has 3 rings (SSSR count). The van der Waals surface area contributed by atoms with Gasteiger partial charge in [0.2, 0.25) is 11.8 Å². The Labute approximate surface area is 111 Å². The molecule has 1 heterocycles. The smallest absolute Gasteiger partial charge is 0.240 e. The molecule has 4 heteroatoms. The zero-order valence-corrected chi connectivity index (χ0v) is 10.6. The maximum absolute atomic E-state index is 12.6. The first-order valence-electron chi connectivity index (χ1n) is 6.59. The number of amides is 2. The molecule has 2 amide bonds. The van der Waals surface area contributed by atoms with E-state index in [-0.39, 0.29) is 11.8 Å². The van der Waals surface area contributed by atoms with Gasteiger partial charge in [-0.25, -0.2) is 0 Å². The Morgan fingerprint density at radius 2 is 1.89 bits per heavy atom. The summed E-state index contributed by atoms with van der Waals surface area (Å²) < 4.78 is 0. The van der Waals surface area contributed by atoms with Crippen LogP contribution >= 0.6 is 0 Å². The SMILES string of the molecule is O=Cc1cccc(N2C(=O)CC3(CCCC3)C2=O)c1. The van der Waals surface area contributed by atoms with E-state index in [1.165, 1.54) is 4.90 Å². The number of carbonyl (C=O) groups excluding carboxylic acids is 3. The van der Waals surface area contributed by atoms with Crippen molar-refractivity contribution < 1.29 is 14.4 Å². The lowest BCUT2D eigenvalue weighted by molar-refractivity contribution is -0.125. The largest absolute Gasteiger partial charge is 0.298 e. The topological polar surface area (TPSA) is 54.5 Å². The van der Waals surface area contributed by atoms with Crippen LogP contribution in [-0.4, -0.2) is 18.1 Å². The molecule has 1 aromatic carbocycles. The van der Waals surface area contributed by atoms with E-state index in [4.69, 9.17) is 0 Å². The van der Waals surface area contributed by atoms with Crippen molar-refractivity contribution in [2.75, 3.05) is 4.90 Å². The van der Waals surface area contributed by atoms with E-state index in [9.17, 15) is 14.4 Å². The van der Waals surface area contributed by atoms with Gasteiger partial charge in [0.15, 0.2) is 0 Å². The van der Waals surface area contributed by atoms with Gasteiger partial charge in [0.05, 0.1) is 11.1 Å². The third-order valence-corrected chi connectivity index (χ3v) is 4.22. The molecule has 2 fully saturated rings. The molecule has 1 aromatic rings. The van der Waals surface area contributed by atoms with Gasteiger partial charge in [-0.05, 0) is 25.0 Å². The van der Waals surface area contributed by atoms with Crippen molar-refractivity contribution in [3.8, 4) is 0 Å². The van der Waals surface area contributed by atoms with Crippen LogP contribution < -0.4 is 4.90 Å². The molecule has 0 N–H and O–H groups in total. The quantitative estimate of drug-likeness (QED) is 0.603. The zero-order valence-electron chi connectivity index (χ0n) is 10.6. The van der Waals surface area contributed by atoms with Crippen molar-refractivity contribution in [1.82, 2.24) is 0 Å². The highest BCUT2D eigenvalue weighted by Gasteiger charge is 2.53. The summed E-state index contributed by atoms with van der Waals surface area (Å²) in [4.78, 5) is 36.8. The van der Waals surface area contributed by atoms with Crippen molar-refractivity contribution in [3.05, 3.63) is 29.8 Å². The third-order valence-electron chi connectivity index (χ3n) is 4.22. The van der Waals surface area contributed by atoms with Gasteiger partial charge in [-0.15, -0.1) is 0 Å². The third kappa shape index (κ3) is 1.79. The fraction of sp³-hybridized carbons (Fsp3) is 0.400. The number of imide groups is 1. The summed E-state index contributed by atoms with van der Waals surface area (Å²) in [6, 6.07) is 6.65. The molecule has 0 bridgehead atoms. The molecule has 2 aliphatic rings. The normalized spacial score (nSPS) is 21.4. The van der Waals surface area contributed by atoms with E-state index in [0.29, 0.717) is 17.7 Å². The monoisotopic (exact) mass is 257 g/mol. The molecule has 1 aliphatic carbocycles. The van der Waals surface area contributed by atoms with Crippen LogP contribution in [0.4, 0.5) is 5.69 Å². The molecule has 98 valence electrons. The van der Waals surface area contributed by atoms with Crippen LogP contribution in [-0.2, 0) is 9.59 Å². The molecule has 1 saturated carbocycles. The van der Waals surface area contributed by atoms with Crippen molar-refractivity contribution in [2.45, 2.75) is 32.1 Å². The molecule has 19 heavy (non-hydrogen) atoms. The minimum Gasteiger partial charge on any atom is -0.298 e. The minimum absolute atomic E-state index is 0.0851. The molecule has 0 radical (unpaired) electrons. The van der Waals surface area contributed by atoms with Gasteiger partial charge in [0, 0.05) is 12.0 Å². The number of benzene rings is 1. The molecule has 0 aromatic heterocycles. The van der Waals surface area contributed by atoms with Gasteiger partial charge < -0.3 is 0 Å². The van der Waals surface area contributed by atoms with Crippen LogP contribution in [0.15, 0.2) is 24.3 Å². The molecule has 0 atom stereocenters. The molecule has 1 spiro atoms. The Hall–Kier alpha value is -1.97. The molecule has 4 nitrogen and oxygen atoms in total. The van der Waals surface area contributed by atoms with Crippen LogP contribution in [0.1, 0.15) is 42.5 Å². The highest BCUT2D eigenvalue weighted by molar-refractivity contribution is 6.22. The van der Waals surface area contributed by atoms with Gasteiger partial charge in [0.1, 0.15) is 6.29 Å². The standard InChI is InChI=1S/C15H15NO3/c17-10-11-4-3-5-12(8-11)16-13(18)9-15(14(16)19)6-1-2-7-15/h3-5,8,10H,1-2,6-7,9H2. The Balaban J connectivity index is 1.98. The maximum Gasteiger partial charge on any atom is 0.240 e. The first-order valence-corrected chi connectivity index (χ1v) is 6.59. The second-order valence-corrected chi connectivity index (χ2v) is 5.41. The second kappa shape index (κ2) is 4.30. The van der Waals surface area contributed by atoms with E-state index in [1.54, 1.807) is 24.3 Å². The van der Waals surface area contributed by atoms with E-state index < -0.39 is 5.41 Å². The Bertz CT molecular complexity index is 558. The predicted octanol–water partition coefficient (Wildman–Crippen LogP) is 2.32. The molecule has 1 saturated heterocycles. The number of aldehydes is 1. The maximum atomic E-state index is 12.6. The van der Waals surface area contributed by atoms with Gasteiger partial charge >= 0.3 is 0 Å². The van der Waals surface area contributed by atoms with Gasteiger partial charge in [-0.2, -0.15) is 0 Å². The average molecular weight is 257 g/mol. The first-order chi connectivity index (χ1) is 9.16. The second-order valence-electron chi connectivity index (χ2n) is 5.41. The van der Waals surface area contributed by atoms with Crippen molar-refractivity contribution in [3.63, 3.8) is 0 Å². The Morgan fingerprint density at radius 3 is 2.58 bits per heavy atom. The molecular weight excluding hydrogens is 242 g/mol. The molecule has 0 unspecified atom stereocenters. The van der Waals surface area contributed by atoms with E-state index in [1.807, 2.05) is 0 Å². The predicted molar refractivity (Wildman–Crippen MR) is 69.8 cm³/mol.